The van der Waals surface area contributed by atoms with Gasteiger partial charge in [0.1, 0.15) is 17.9 Å². The van der Waals surface area contributed by atoms with Crippen molar-refractivity contribution in [3.05, 3.63) is 71.5 Å². The van der Waals surface area contributed by atoms with Crippen LogP contribution in [0.15, 0.2) is 54.6 Å². The Balaban J connectivity index is 1.57. The van der Waals surface area contributed by atoms with E-state index in [1.54, 1.807) is 30.3 Å². The van der Waals surface area contributed by atoms with Gasteiger partial charge in [-0.3, -0.25) is 19.2 Å². The molecular weight excluding hydrogens is 427 g/mol. The van der Waals surface area contributed by atoms with Crippen molar-refractivity contribution in [3.63, 3.8) is 0 Å². The smallest absolute Gasteiger partial charge is 0.254 e. The van der Waals surface area contributed by atoms with E-state index in [0.717, 1.165) is 12.5 Å². The highest BCUT2D eigenvalue weighted by molar-refractivity contribution is 6.00. The highest BCUT2D eigenvalue weighted by Gasteiger charge is 2.39. The van der Waals surface area contributed by atoms with Crippen molar-refractivity contribution in [3.8, 4) is 0 Å². The van der Waals surface area contributed by atoms with E-state index in [2.05, 4.69) is 10.6 Å². The zero-order valence-electron chi connectivity index (χ0n) is 18.0. The number of hydrogen-bond donors (Lipinski definition) is 2. The topological polar surface area (TPSA) is 98.8 Å². The van der Waals surface area contributed by atoms with Crippen molar-refractivity contribution < 1.29 is 23.6 Å². The third-order valence-corrected chi connectivity index (χ3v) is 5.93. The van der Waals surface area contributed by atoms with Gasteiger partial charge in [-0.05, 0) is 43.2 Å². The molecular formula is C24H25FN4O4. The van der Waals surface area contributed by atoms with Crippen LogP contribution < -0.4 is 10.6 Å². The number of carbonyl (C=O) groups is 4. The summed E-state index contributed by atoms with van der Waals surface area (Å²) in [6.07, 6.45) is 1.22. The normalized spacial score (nSPS) is 20.7. The van der Waals surface area contributed by atoms with E-state index >= 15 is 0 Å². The molecule has 0 spiro atoms. The number of halogens is 1. The highest BCUT2D eigenvalue weighted by atomic mass is 19.1. The Kier molecular flexibility index (Phi) is 6.67. The van der Waals surface area contributed by atoms with Gasteiger partial charge in [-0.1, -0.05) is 24.3 Å². The zero-order chi connectivity index (χ0) is 23.4. The van der Waals surface area contributed by atoms with Crippen LogP contribution in [0.2, 0.25) is 0 Å². The molecule has 2 fully saturated rings. The minimum atomic E-state index is -1.02. The summed E-state index contributed by atoms with van der Waals surface area (Å²) in [5.41, 5.74) is 0.597. The van der Waals surface area contributed by atoms with Crippen LogP contribution >= 0.6 is 0 Å². The van der Waals surface area contributed by atoms with Crippen molar-refractivity contribution in [1.82, 2.24) is 20.4 Å². The second-order valence-corrected chi connectivity index (χ2v) is 8.14. The predicted molar refractivity (Wildman–Crippen MR) is 118 cm³/mol. The third-order valence-electron chi connectivity index (χ3n) is 5.93. The highest BCUT2D eigenvalue weighted by Crippen LogP contribution is 2.18. The number of carbonyl (C=O) groups excluding carboxylic acids is 4. The summed E-state index contributed by atoms with van der Waals surface area (Å²) in [4.78, 5) is 54.4. The minimum absolute atomic E-state index is 0.0328. The van der Waals surface area contributed by atoms with Gasteiger partial charge in [-0.2, -0.15) is 0 Å². The van der Waals surface area contributed by atoms with Gasteiger partial charge >= 0.3 is 0 Å². The Hall–Kier alpha value is -3.75. The maximum Gasteiger partial charge on any atom is 0.254 e. The molecule has 2 saturated heterocycles. The fourth-order valence-electron chi connectivity index (χ4n) is 4.16. The average Bonchev–Trinajstić information content (AvgIpc) is 2.84. The van der Waals surface area contributed by atoms with Gasteiger partial charge in [0, 0.05) is 30.8 Å². The molecule has 0 saturated carbocycles. The molecule has 2 heterocycles. The van der Waals surface area contributed by atoms with Gasteiger partial charge in [0.05, 0.1) is 6.54 Å². The number of hydrogen-bond acceptors (Lipinski definition) is 4. The van der Waals surface area contributed by atoms with E-state index in [4.69, 9.17) is 0 Å². The number of rotatable bonds is 4. The van der Waals surface area contributed by atoms with Crippen molar-refractivity contribution >= 4 is 23.6 Å². The fraction of sp³-hybridized carbons (Fsp3) is 0.333. The standard InChI is InChI=1S/C24H25FN4O4/c25-18-9-4-8-17(14-18)24(33)29-13-12-28(23(32)16-6-2-1-3-7-16)15-20(29)22(31)27-19-10-5-11-26-21(19)30/h1-4,6-9,14,19-20H,5,10-13,15H2,(H,26,30)(H,27,31). The van der Waals surface area contributed by atoms with Crippen molar-refractivity contribution in [2.24, 2.45) is 0 Å². The molecule has 2 aliphatic rings. The van der Waals surface area contributed by atoms with E-state index in [9.17, 15) is 23.6 Å². The number of piperazine rings is 1. The van der Waals surface area contributed by atoms with Crippen LogP contribution in [0.1, 0.15) is 33.6 Å². The molecule has 172 valence electrons. The molecule has 33 heavy (non-hydrogen) atoms. The molecule has 0 aromatic heterocycles. The van der Waals surface area contributed by atoms with E-state index < -0.39 is 29.7 Å². The summed E-state index contributed by atoms with van der Waals surface area (Å²) in [5.74, 6) is -2.10. The summed E-state index contributed by atoms with van der Waals surface area (Å²) in [5, 5.41) is 5.44. The summed E-state index contributed by atoms with van der Waals surface area (Å²) in [6.45, 7) is 0.846. The predicted octanol–water partition coefficient (Wildman–Crippen LogP) is 1.19. The first-order chi connectivity index (χ1) is 15.9. The molecule has 2 unspecified atom stereocenters. The van der Waals surface area contributed by atoms with Crippen LogP contribution in [0, 0.1) is 5.82 Å². The van der Waals surface area contributed by atoms with Crippen LogP contribution in [0.3, 0.4) is 0 Å². The van der Waals surface area contributed by atoms with Gasteiger partial charge in [0.25, 0.3) is 11.8 Å². The van der Waals surface area contributed by atoms with Gasteiger partial charge in [0.15, 0.2) is 0 Å². The average molecular weight is 452 g/mol. The lowest BCUT2D eigenvalue weighted by Gasteiger charge is -2.41. The number of benzene rings is 2. The van der Waals surface area contributed by atoms with Crippen molar-refractivity contribution in [1.29, 1.82) is 0 Å². The maximum atomic E-state index is 13.7. The summed E-state index contributed by atoms with van der Waals surface area (Å²) in [7, 11) is 0. The number of nitrogens with zero attached hydrogens (tertiary/aromatic N) is 2. The monoisotopic (exact) mass is 452 g/mol. The third kappa shape index (κ3) is 5.02. The largest absolute Gasteiger partial charge is 0.354 e. The Labute approximate surface area is 190 Å². The Morgan fingerprint density at radius 2 is 1.73 bits per heavy atom. The second-order valence-electron chi connectivity index (χ2n) is 8.14. The lowest BCUT2D eigenvalue weighted by Crippen LogP contribution is -2.63. The van der Waals surface area contributed by atoms with Crippen LogP contribution in [-0.2, 0) is 9.59 Å². The molecule has 2 aromatic carbocycles. The summed E-state index contributed by atoms with van der Waals surface area (Å²) >= 11 is 0. The van der Waals surface area contributed by atoms with Crippen LogP contribution in [0.5, 0.6) is 0 Å². The molecule has 2 aliphatic heterocycles. The minimum Gasteiger partial charge on any atom is -0.354 e. The van der Waals surface area contributed by atoms with E-state index in [1.165, 1.54) is 28.0 Å². The van der Waals surface area contributed by atoms with Gasteiger partial charge < -0.3 is 20.4 Å². The molecule has 8 nitrogen and oxygen atoms in total. The molecule has 0 bridgehead atoms. The van der Waals surface area contributed by atoms with Crippen molar-refractivity contribution in [2.45, 2.75) is 24.9 Å². The fourth-order valence-corrected chi connectivity index (χ4v) is 4.16. The molecule has 0 radical (unpaired) electrons. The Bertz CT molecular complexity index is 1060. The number of piperidine rings is 1. The lowest BCUT2D eigenvalue weighted by molar-refractivity contribution is -0.133. The van der Waals surface area contributed by atoms with Crippen LogP contribution in [-0.4, -0.2) is 71.7 Å². The second kappa shape index (κ2) is 9.81. The first-order valence-corrected chi connectivity index (χ1v) is 10.9. The van der Waals surface area contributed by atoms with E-state index in [-0.39, 0.29) is 37.0 Å². The summed E-state index contributed by atoms with van der Waals surface area (Å²) in [6, 6.07) is 12.2. The quantitative estimate of drug-likeness (QED) is 0.728. The zero-order valence-corrected chi connectivity index (χ0v) is 18.0. The van der Waals surface area contributed by atoms with Gasteiger partial charge in [0.2, 0.25) is 11.8 Å². The van der Waals surface area contributed by atoms with Gasteiger partial charge in [-0.15, -0.1) is 0 Å². The number of nitrogens with one attached hydrogen (secondary N) is 2. The Morgan fingerprint density at radius 3 is 2.45 bits per heavy atom. The SMILES string of the molecule is O=C1NCCCC1NC(=O)C1CN(C(=O)c2ccccc2)CCN1C(=O)c1cccc(F)c1. The molecule has 9 heteroatoms. The van der Waals surface area contributed by atoms with E-state index in [0.29, 0.717) is 18.5 Å². The Morgan fingerprint density at radius 1 is 0.970 bits per heavy atom. The molecule has 0 aliphatic carbocycles. The first kappa shape index (κ1) is 22.4. The van der Waals surface area contributed by atoms with Gasteiger partial charge in [-0.25, -0.2) is 4.39 Å². The molecule has 4 amide bonds. The summed E-state index contributed by atoms with van der Waals surface area (Å²) < 4.78 is 13.7. The lowest BCUT2D eigenvalue weighted by atomic mass is 10.0. The van der Waals surface area contributed by atoms with Crippen molar-refractivity contribution in [2.75, 3.05) is 26.2 Å². The molecule has 2 atom stereocenters. The molecule has 4 rings (SSSR count). The van der Waals surface area contributed by atoms with E-state index in [1.807, 2.05) is 0 Å². The molecule has 2 N–H and O–H groups in total. The molecule has 2 aromatic rings. The van der Waals surface area contributed by atoms with Crippen LogP contribution in [0.25, 0.3) is 0 Å². The number of amides is 4. The van der Waals surface area contributed by atoms with Crippen LogP contribution in [0.4, 0.5) is 4.39 Å². The first-order valence-electron chi connectivity index (χ1n) is 10.9. The maximum absolute atomic E-state index is 13.7.